The molecule has 0 aliphatic carbocycles. The molecule has 1 aromatic heterocycles. The molecule has 18 heavy (non-hydrogen) atoms. The van der Waals surface area contributed by atoms with Crippen molar-refractivity contribution < 1.29 is 0 Å². The van der Waals surface area contributed by atoms with Gasteiger partial charge in [-0.3, -0.25) is 0 Å². The molecule has 0 aromatic carbocycles. The van der Waals surface area contributed by atoms with Crippen molar-refractivity contribution in [2.75, 3.05) is 24.2 Å². The molecular weight excluding hydrogens is 226 g/mol. The molecule has 0 atom stereocenters. The largest absolute Gasteiger partial charge is 0.383 e. The number of anilines is 2. The van der Waals surface area contributed by atoms with Gasteiger partial charge in [0.05, 0.1) is 12.5 Å². The molecule has 1 aromatic rings. The molecule has 0 saturated carbocycles. The highest BCUT2D eigenvalue weighted by molar-refractivity contribution is 5.56. The highest BCUT2D eigenvalue weighted by atomic mass is 15.2. The zero-order valence-corrected chi connectivity index (χ0v) is 11.8. The van der Waals surface area contributed by atoms with Gasteiger partial charge >= 0.3 is 0 Å². The molecule has 0 radical (unpaired) electrons. The lowest BCUT2D eigenvalue weighted by atomic mass is 9.95. The monoisotopic (exact) mass is 247 g/mol. The SMILES string of the molecule is Cc1c(N)nc(C(C)(C)C)nc1N(C)CCC#N. The van der Waals surface area contributed by atoms with Crippen LogP contribution in [0.1, 0.15) is 38.6 Å². The predicted molar refractivity (Wildman–Crippen MR) is 73.4 cm³/mol. The van der Waals surface area contributed by atoms with Crippen molar-refractivity contribution in [3.63, 3.8) is 0 Å². The van der Waals surface area contributed by atoms with Crippen LogP contribution in [0.25, 0.3) is 0 Å². The van der Waals surface area contributed by atoms with E-state index in [9.17, 15) is 0 Å². The van der Waals surface area contributed by atoms with Crippen LogP contribution in [0.5, 0.6) is 0 Å². The van der Waals surface area contributed by atoms with E-state index in [-0.39, 0.29) is 5.41 Å². The first-order valence-electron chi connectivity index (χ1n) is 6.00. The quantitative estimate of drug-likeness (QED) is 0.884. The third-order valence-electron chi connectivity index (χ3n) is 2.75. The average molecular weight is 247 g/mol. The summed E-state index contributed by atoms with van der Waals surface area (Å²) in [6.07, 6.45) is 0.463. The van der Waals surface area contributed by atoms with Gasteiger partial charge in [0.25, 0.3) is 0 Å². The van der Waals surface area contributed by atoms with Gasteiger partial charge in [-0.25, -0.2) is 9.97 Å². The zero-order chi connectivity index (χ0) is 13.9. The van der Waals surface area contributed by atoms with Crippen LogP contribution in [-0.2, 0) is 5.41 Å². The van der Waals surface area contributed by atoms with E-state index < -0.39 is 0 Å². The fourth-order valence-electron chi connectivity index (χ4n) is 1.55. The van der Waals surface area contributed by atoms with Gasteiger partial charge < -0.3 is 10.6 Å². The second kappa shape index (κ2) is 5.21. The first-order chi connectivity index (χ1) is 8.27. The summed E-state index contributed by atoms with van der Waals surface area (Å²) in [6, 6.07) is 2.13. The van der Waals surface area contributed by atoms with Crippen molar-refractivity contribution in [1.29, 1.82) is 5.26 Å². The van der Waals surface area contributed by atoms with Gasteiger partial charge in [0.1, 0.15) is 17.5 Å². The van der Waals surface area contributed by atoms with E-state index in [4.69, 9.17) is 11.0 Å². The van der Waals surface area contributed by atoms with Gasteiger partial charge in [-0.1, -0.05) is 20.8 Å². The molecule has 0 saturated heterocycles. The molecule has 0 fully saturated rings. The van der Waals surface area contributed by atoms with Crippen LogP contribution < -0.4 is 10.6 Å². The Bertz CT molecular complexity index is 467. The van der Waals surface area contributed by atoms with Crippen molar-refractivity contribution in [1.82, 2.24) is 9.97 Å². The van der Waals surface area contributed by atoms with E-state index >= 15 is 0 Å². The number of rotatable bonds is 3. The van der Waals surface area contributed by atoms with E-state index in [0.717, 1.165) is 17.2 Å². The Morgan fingerprint density at radius 2 is 1.94 bits per heavy atom. The summed E-state index contributed by atoms with van der Waals surface area (Å²) in [4.78, 5) is 10.9. The molecular formula is C13H21N5. The second-order valence-electron chi connectivity index (χ2n) is 5.46. The van der Waals surface area contributed by atoms with Gasteiger partial charge in [-0.2, -0.15) is 5.26 Å². The maximum atomic E-state index is 8.64. The summed E-state index contributed by atoms with van der Waals surface area (Å²) in [5, 5.41) is 8.64. The third-order valence-corrected chi connectivity index (χ3v) is 2.75. The van der Waals surface area contributed by atoms with Crippen LogP contribution in [0.15, 0.2) is 0 Å². The fraction of sp³-hybridized carbons (Fsp3) is 0.615. The predicted octanol–water partition coefficient (Wildman–Crippen LogP) is 2.01. The lowest BCUT2D eigenvalue weighted by Gasteiger charge is -2.24. The van der Waals surface area contributed by atoms with Crippen molar-refractivity contribution in [2.24, 2.45) is 0 Å². The lowest BCUT2D eigenvalue weighted by molar-refractivity contribution is 0.545. The minimum atomic E-state index is -0.146. The van der Waals surface area contributed by atoms with Crippen LogP contribution in [0, 0.1) is 18.3 Å². The fourth-order valence-corrected chi connectivity index (χ4v) is 1.55. The third kappa shape index (κ3) is 3.10. The van der Waals surface area contributed by atoms with E-state index in [1.165, 1.54) is 0 Å². The number of nitriles is 1. The minimum Gasteiger partial charge on any atom is -0.383 e. The molecule has 2 N–H and O–H groups in total. The van der Waals surface area contributed by atoms with Crippen molar-refractivity contribution in [3.05, 3.63) is 11.4 Å². The highest BCUT2D eigenvalue weighted by Gasteiger charge is 2.21. The first kappa shape index (κ1) is 14.2. The molecule has 98 valence electrons. The molecule has 0 spiro atoms. The van der Waals surface area contributed by atoms with Gasteiger partial charge in [0, 0.05) is 24.6 Å². The standard InChI is InChI=1S/C13H21N5/c1-9-10(15)16-12(13(2,3)4)17-11(9)18(5)8-6-7-14/h6,8H2,1-5H3,(H2,15,16,17). The molecule has 0 amide bonds. The van der Waals surface area contributed by atoms with Crippen molar-refractivity contribution >= 4 is 11.6 Å². The maximum absolute atomic E-state index is 8.64. The second-order valence-corrected chi connectivity index (χ2v) is 5.46. The summed E-state index contributed by atoms with van der Waals surface area (Å²) >= 11 is 0. The number of nitrogens with zero attached hydrogens (tertiary/aromatic N) is 4. The molecule has 0 aliphatic rings. The van der Waals surface area contributed by atoms with Crippen LogP contribution in [0.3, 0.4) is 0 Å². The first-order valence-corrected chi connectivity index (χ1v) is 6.00. The molecule has 1 heterocycles. The van der Waals surface area contributed by atoms with E-state index in [0.29, 0.717) is 18.8 Å². The number of aromatic nitrogens is 2. The Morgan fingerprint density at radius 3 is 2.44 bits per heavy atom. The number of nitrogens with two attached hydrogens (primary N) is 1. The lowest BCUT2D eigenvalue weighted by Crippen LogP contribution is -2.25. The van der Waals surface area contributed by atoms with Gasteiger partial charge in [0.2, 0.25) is 0 Å². The van der Waals surface area contributed by atoms with Gasteiger partial charge in [-0.15, -0.1) is 0 Å². The number of hydrogen-bond donors (Lipinski definition) is 1. The van der Waals surface area contributed by atoms with E-state index in [1.807, 2.05) is 18.9 Å². The molecule has 5 nitrogen and oxygen atoms in total. The molecule has 1 rings (SSSR count). The van der Waals surface area contributed by atoms with Gasteiger partial charge in [-0.05, 0) is 6.92 Å². The Labute approximate surface area is 109 Å². The summed E-state index contributed by atoms with van der Waals surface area (Å²) in [5.74, 6) is 2.04. The van der Waals surface area contributed by atoms with Crippen molar-refractivity contribution in [2.45, 2.75) is 39.5 Å². The summed E-state index contributed by atoms with van der Waals surface area (Å²) < 4.78 is 0. The normalized spacial score (nSPS) is 11.1. The summed E-state index contributed by atoms with van der Waals surface area (Å²) in [6.45, 7) is 8.69. The highest BCUT2D eigenvalue weighted by Crippen LogP contribution is 2.26. The molecule has 5 heteroatoms. The van der Waals surface area contributed by atoms with Crippen LogP contribution in [-0.4, -0.2) is 23.6 Å². The zero-order valence-electron chi connectivity index (χ0n) is 11.8. The molecule has 0 unspecified atom stereocenters. The molecule has 0 bridgehead atoms. The topological polar surface area (TPSA) is 78.8 Å². The number of hydrogen-bond acceptors (Lipinski definition) is 5. The van der Waals surface area contributed by atoms with Crippen LogP contribution in [0.4, 0.5) is 11.6 Å². The molecule has 0 aliphatic heterocycles. The Hall–Kier alpha value is -1.83. The number of nitrogen functional groups attached to an aromatic ring is 1. The van der Waals surface area contributed by atoms with Crippen LogP contribution >= 0.6 is 0 Å². The Kier molecular flexibility index (Phi) is 4.12. The van der Waals surface area contributed by atoms with Gasteiger partial charge in [0.15, 0.2) is 0 Å². The average Bonchev–Trinajstić information content (AvgIpc) is 2.27. The Morgan fingerprint density at radius 1 is 1.33 bits per heavy atom. The Balaban J connectivity index is 3.19. The summed E-state index contributed by atoms with van der Waals surface area (Å²) in [7, 11) is 1.92. The summed E-state index contributed by atoms with van der Waals surface area (Å²) in [5.41, 5.74) is 6.66. The van der Waals surface area contributed by atoms with E-state index in [2.05, 4.69) is 36.8 Å². The minimum absolute atomic E-state index is 0.146. The van der Waals surface area contributed by atoms with Crippen molar-refractivity contribution in [3.8, 4) is 6.07 Å². The smallest absolute Gasteiger partial charge is 0.138 e. The van der Waals surface area contributed by atoms with E-state index in [1.54, 1.807) is 0 Å². The van der Waals surface area contributed by atoms with Crippen LogP contribution in [0.2, 0.25) is 0 Å². The maximum Gasteiger partial charge on any atom is 0.138 e.